The molecule has 2 aromatic rings. The maximum Gasteiger partial charge on any atom is 0.262 e. The van der Waals surface area contributed by atoms with E-state index in [0.717, 1.165) is 0 Å². The van der Waals surface area contributed by atoms with Crippen LogP contribution < -0.4 is 10.6 Å². The molecule has 0 fully saturated rings. The van der Waals surface area contributed by atoms with Crippen LogP contribution in [-0.2, 0) is 4.79 Å². The van der Waals surface area contributed by atoms with Gasteiger partial charge < -0.3 is 10.6 Å². The van der Waals surface area contributed by atoms with Crippen molar-refractivity contribution in [1.82, 2.24) is 5.32 Å². The molecule has 122 valence electrons. The number of rotatable bonds is 5. The van der Waals surface area contributed by atoms with Gasteiger partial charge in [-0.1, -0.05) is 19.9 Å². The molecule has 23 heavy (non-hydrogen) atoms. The average Bonchev–Trinajstić information content (AvgIpc) is 3.01. The number of carbonyl (C=O) groups is 2. The van der Waals surface area contributed by atoms with E-state index < -0.39 is 6.04 Å². The zero-order valence-electron chi connectivity index (χ0n) is 13.2. The monoisotopic (exact) mass is 334 g/mol. The highest BCUT2D eigenvalue weighted by atomic mass is 32.1. The lowest BCUT2D eigenvalue weighted by Crippen LogP contribution is -2.47. The van der Waals surface area contributed by atoms with Crippen molar-refractivity contribution < 1.29 is 14.0 Å². The molecule has 2 rings (SSSR count). The molecular formula is C17H19FN2O2S. The van der Waals surface area contributed by atoms with Crippen molar-refractivity contribution in [3.63, 3.8) is 0 Å². The van der Waals surface area contributed by atoms with Crippen molar-refractivity contribution in [1.29, 1.82) is 0 Å². The van der Waals surface area contributed by atoms with Crippen LogP contribution in [0.15, 0.2) is 35.7 Å². The number of nitrogens with one attached hydrogen (secondary N) is 2. The third-order valence-electron chi connectivity index (χ3n) is 3.43. The Hall–Kier alpha value is -2.21. The molecule has 6 heteroatoms. The quantitative estimate of drug-likeness (QED) is 0.878. The summed E-state index contributed by atoms with van der Waals surface area (Å²) in [6, 6.07) is 6.97. The fraction of sp³-hybridized carbons (Fsp3) is 0.294. The standard InChI is InChI=1S/C17H19FN2O2S/c1-10(2)15(20-16(21)14-5-4-8-23-14)17(22)19-13-7-6-12(18)9-11(13)3/h4-10,15H,1-3H3,(H,19,22)(H,20,21). The normalized spacial score (nSPS) is 12.0. The highest BCUT2D eigenvalue weighted by molar-refractivity contribution is 7.12. The predicted molar refractivity (Wildman–Crippen MR) is 90.2 cm³/mol. The maximum atomic E-state index is 13.1. The van der Waals surface area contributed by atoms with Gasteiger partial charge in [0.1, 0.15) is 11.9 Å². The van der Waals surface area contributed by atoms with Gasteiger partial charge in [0.25, 0.3) is 5.91 Å². The Labute approximate surface area is 138 Å². The molecule has 1 aromatic carbocycles. The molecule has 0 aliphatic heterocycles. The van der Waals surface area contributed by atoms with Gasteiger partial charge in [0, 0.05) is 5.69 Å². The van der Waals surface area contributed by atoms with Gasteiger partial charge in [-0.05, 0) is 48.1 Å². The zero-order valence-corrected chi connectivity index (χ0v) is 14.0. The number of hydrogen-bond donors (Lipinski definition) is 2. The van der Waals surface area contributed by atoms with Crippen LogP contribution in [0.25, 0.3) is 0 Å². The Morgan fingerprint density at radius 1 is 1.22 bits per heavy atom. The molecule has 1 aromatic heterocycles. The molecule has 0 saturated carbocycles. The number of thiophene rings is 1. The second-order valence-corrected chi connectivity index (χ2v) is 6.57. The second-order valence-electron chi connectivity index (χ2n) is 5.62. The molecule has 0 radical (unpaired) electrons. The Morgan fingerprint density at radius 3 is 2.52 bits per heavy atom. The minimum atomic E-state index is -0.672. The Bertz CT molecular complexity index is 699. The van der Waals surface area contributed by atoms with Crippen LogP contribution in [0.3, 0.4) is 0 Å². The molecule has 4 nitrogen and oxygen atoms in total. The first-order chi connectivity index (χ1) is 10.9. The summed E-state index contributed by atoms with van der Waals surface area (Å²) < 4.78 is 13.1. The van der Waals surface area contributed by atoms with Crippen LogP contribution in [0.2, 0.25) is 0 Å². The molecule has 1 atom stereocenters. The van der Waals surface area contributed by atoms with E-state index in [9.17, 15) is 14.0 Å². The van der Waals surface area contributed by atoms with Crippen LogP contribution in [0.1, 0.15) is 29.1 Å². The summed E-state index contributed by atoms with van der Waals surface area (Å²) in [7, 11) is 0. The second kappa shape index (κ2) is 7.37. The summed E-state index contributed by atoms with van der Waals surface area (Å²) in [6.45, 7) is 5.43. The molecule has 0 aliphatic carbocycles. The topological polar surface area (TPSA) is 58.2 Å². The first-order valence-corrected chi connectivity index (χ1v) is 8.18. The third-order valence-corrected chi connectivity index (χ3v) is 4.30. The number of anilines is 1. The SMILES string of the molecule is Cc1cc(F)ccc1NC(=O)C(NC(=O)c1cccs1)C(C)C. The maximum absolute atomic E-state index is 13.1. The highest BCUT2D eigenvalue weighted by Gasteiger charge is 2.25. The highest BCUT2D eigenvalue weighted by Crippen LogP contribution is 2.17. The first kappa shape index (κ1) is 17.1. The van der Waals surface area contributed by atoms with Gasteiger partial charge in [-0.25, -0.2) is 4.39 Å². The summed E-state index contributed by atoms with van der Waals surface area (Å²) in [6.07, 6.45) is 0. The molecule has 1 heterocycles. The van der Waals surface area contributed by atoms with E-state index in [0.29, 0.717) is 16.1 Å². The predicted octanol–water partition coefficient (Wildman–Crippen LogP) is 3.59. The van der Waals surface area contributed by atoms with E-state index >= 15 is 0 Å². The molecule has 2 N–H and O–H groups in total. The summed E-state index contributed by atoms with van der Waals surface area (Å²) in [5, 5.41) is 7.31. The average molecular weight is 334 g/mol. The van der Waals surface area contributed by atoms with Crippen LogP contribution in [0.5, 0.6) is 0 Å². The fourth-order valence-electron chi connectivity index (χ4n) is 2.13. The van der Waals surface area contributed by atoms with Crippen molar-refractivity contribution in [3.8, 4) is 0 Å². The minimum absolute atomic E-state index is 0.0836. The Balaban J connectivity index is 2.10. The summed E-state index contributed by atoms with van der Waals surface area (Å²) >= 11 is 1.32. The van der Waals surface area contributed by atoms with Gasteiger partial charge in [0.15, 0.2) is 0 Å². The number of benzene rings is 1. The van der Waals surface area contributed by atoms with Crippen molar-refractivity contribution >= 4 is 28.8 Å². The number of halogens is 1. The molecule has 0 bridgehead atoms. The van der Waals surface area contributed by atoms with Crippen LogP contribution in [0.4, 0.5) is 10.1 Å². The van der Waals surface area contributed by atoms with Gasteiger partial charge >= 0.3 is 0 Å². The molecule has 0 aliphatic rings. The number of hydrogen-bond acceptors (Lipinski definition) is 3. The van der Waals surface area contributed by atoms with Crippen molar-refractivity contribution in [2.24, 2.45) is 5.92 Å². The van der Waals surface area contributed by atoms with Gasteiger partial charge in [-0.15, -0.1) is 11.3 Å². The molecular weight excluding hydrogens is 315 g/mol. The third kappa shape index (κ3) is 4.39. The van der Waals surface area contributed by atoms with E-state index in [-0.39, 0.29) is 23.5 Å². The summed E-state index contributed by atoms with van der Waals surface area (Å²) in [5.74, 6) is -1.03. The Kier molecular flexibility index (Phi) is 5.50. The lowest BCUT2D eigenvalue weighted by molar-refractivity contribution is -0.118. The van der Waals surface area contributed by atoms with Crippen molar-refractivity contribution in [2.75, 3.05) is 5.32 Å². The zero-order chi connectivity index (χ0) is 17.0. The summed E-state index contributed by atoms with van der Waals surface area (Å²) in [4.78, 5) is 25.2. The number of aryl methyl sites for hydroxylation is 1. The van der Waals surface area contributed by atoms with E-state index in [1.807, 2.05) is 13.8 Å². The van der Waals surface area contributed by atoms with E-state index in [2.05, 4.69) is 10.6 Å². The van der Waals surface area contributed by atoms with Gasteiger partial charge in [-0.3, -0.25) is 9.59 Å². The molecule has 0 saturated heterocycles. The van der Waals surface area contributed by atoms with Crippen LogP contribution in [-0.4, -0.2) is 17.9 Å². The smallest absolute Gasteiger partial charge is 0.262 e. The lowest BCUT2D eigenvalue weighted by Gasteiger charge is -2.22. The number of amides is 2. The minimum Gasteiger partial charge on any atom is -0.339 e. The number of carbonyl (C=O) groups excluding carboxylic acids is 2. The first-order valence-electron chi connectivity index (χ1n) is 7.30. The summed E-state index contributed by atoms with van der Waals surface area (Å²) in [5.41, 5.74) is 1.16. The largest absolute Gasteiger partial charge is 0.339 e. The molecule has 0 spiro atoms. The molecule has 2 amide bonds. The molecule has 1 unspecified atom stereocenters. The van der Waals surface area contributed by atoms with Crippen molar-refractivity contribution in [2.45, 2.75) is 26.8 Å². The van der Waals surface area contributed by atoms with Crippen molar-refractivity contribution in [3.05, 3.63) is 52.0 Å². The van der Waals surface area contributed by atoms with E-state index in [1.54, 1.807) is 24.4 Å². The van der Waals surface area contributed by atoms with Gasteiger partial charge in [0.05, 0.1) is 4.88 Å². The lowest BCUT2D eigenvalue weighted by atomic mass is 10.0. The van der Waals surface area contributed by atoms with E-state index in [4.69, 9.17) is 0 Å². The van der Waals surface area contributed by atoms with Crippen LogP contribution in [0, 0.1) is 18.7 Å². The van der Waals surface area contributed by atoms with Gasteiger partial charge in [0.2, 0.25) is 5.91 Å². The van der Waals surface area contributed by atoms with E-state index in [1.165, 1.54) is 29.5 Å². The van der Waals surface area contributed by atoms with Gasteiger partial charge in [-0.2, -0.15) is 0 Å². The fourth-order valence-corrected chi connectivity index (χ4v) is 2.76. The Morgan fingerprint density at radius 2 is 1.96 bits per heavy atom. The van der Waals surface area contributed by atoms with Crippen LogP contribution >= 0.6 is 11.3 Å².